The van der Waals surface area contributed by atoms with Gasteiger partial charge in [-0.3, -0.25) is 4.79 Å². The van der Waals surface area contributed by atoms with Gasteiger partial charge in [0.25, 0.3) is 0 Å². The van der Waals surface area contributed by atoms with Crippen LogP contribution in [0.3, 0.4) is 0 Å². The summed E-state index contributed by atoms with van der Waals surface area (Å²) in [5, 5.41) is 5.84. The van der Waals surface area contributed by atoms with Gasteiger partial charge in [0.15, 0.2) is 0 Å². The molecule has 2 aromatic carbocycles. The third-order valence-electron chi connectivity index (χ3n) is 3.85. The average molecular weight is 400 g/mol. The van der Waals surface area contributed by atoms with Crippen molar-refractivity contribution in [3.8, 4) is 5.75 Å². The summed E-state index contributed by atoms with van der Waals surface area (Å²) in [5.41, 5.74) is 1.91. The molecular weight excluding hydrogens is 372 g/mol. The Balaban J connectivity index is 1.74. The number of hydrogen-bond donors (Lipinski definition) is 2. The molecular formula is C22H28N2O5. The lowest BCUT2D eigenvalue weighted by molar-refractivity contribution is -0.114. The predicted molar refractivity (Wildman–Crippen MR) is 113 cm³/mol. The van der Waals surface area contributed by atoms with E-state index in [1.165, 1.54) is 0 Å². The van der Waals surface area contributed by atoms with Crippen LogP contribution in [0.2, 0.25) is 0 Å². The molecule has 1 amide bonds. The lowest BCUT2D eigenvalue weighted by Crippen LogP contribution is -2.21. The predicted octanol–water partition coefficient (Wildman–Crippen LogP) is 3.72. The number of rotatable bonds is 12. The van der Waals surface area contributed by atoms with Crippen LogP contribution in [-0.2, 0) is 14.3 Å². The van der Waals surface area contributed by atoms with Gasteiger partial charge in [-0.1, -0.05) is 6.92 Å². The maximum absolute atomic E-state index is 12.1. The Kier molecular flexibility index (Phi) is 9.51. The molecule has 29 heavy (non-hydrogen) atoms. The van der Waals surface area contributed by atoms with Gasteiger partial charge >= 0.3 is 5.97 Å². The molecule has 0 heterocycles. The smallest absolute Gasteiger partial charge is 0.338 e. The Morgan fingerprint density at radius 2 is 1.55 bits per heavy atom. The van der Waals surface area contributed by atoms with E-state index in [-0.39, 0.29) is 18.4 Å². The van der Waals surface area contributed by atoms with Crippen molar-refractivity contribution in [2.45, 2.75) is 20.3 Å². The summed E-state index contributed by atoms with van der Waals surface area (Å²) in [4.78, 5) is 23.9. The molecule has 0 fully saturated rings. The van der Waals surface area contributed by atoms with Crippen LogP contribution in [0.5, 0.6) is 5.75 Å². The highest BCUT2D eigenvalue weighted by atomic mass is 16.5. The Labute approximate surface area is 171 Å². The zero-order valence-corrected chi connectivity index (χ0v) is 16.9. The topological polar surface area (TPSA) is 85.9 Å². The molecule has 0 aliphatic carbocycles. The zero-order chi connectivity index (χ0) is 20.9. The summed E-state index contributed by atoms with van der Waals surface area (Å²) in [7, 11) is 0. The molecule has 0 spiro atoms. The molecule has 0 bridgehead atoms. The third kappa shape index (κ3) is 8.23. The monoisotopic (exact) mass is 400 g/mol. The number of anilines is 2. The molecule has 0 saturated carbocycles. The van der Waals surface area contributed by atoms with Crippen LogP contribution in [0.25, 0.3) is 0 Å². The minimum Gasteiger partial charge on any atom is -0.491 e. The zero-order valence-electron chi connectivity index (χ0n) is 16.9. The molecule has 156 valence electrons. The van der Waals surface area contributed by atoms with Crippen LogP contribution in [0.1, 0.15) is 30.6 Å². The maximum atomic E-state index is 12.1. The first-order chi connectivity index (χ1) is 14.1. The number of ether oxygens (including phenoxy) is 3. The molecule has 0 aliphatic heterocycles. The highest BCUT2D eigenvalue weighted by Gasteiger charge is 2.07. The molecule has 0 aromatic heterocycles. The molecule has 7 nitrogen and oxygen atoms in total. The van der Waals surface area contributed by atoms with Crippen molar-refractivity contribution < 1.29 is 23.8 Å². The normalized spacial score (nSPS) is 10.3. The molecule has 0 radical (unpaired) electrons. The highest BCUT2D eigenvalue weighted by Crippen LogP contribution is 2.16. The number of amides is 1. The Morgan fingerprint density at radius 1 is 0.862 bits per heavy atom. The van der Waals surface area contributed by atoms with Gasteiger partial charge in [-0.15, -0.1) is 0 Å². The largest absolute Gasteiger partial charge is 0.491 e. The molecule has 2 aromatic rings. The van der Waals surface area contributed by atoms with Crippen molar-refractivity contribution in [2.24, 2.45) is 0 Å². The summed E-state index contributed by atoms with van der Waals surface area (Å²) in [6, 6.07) is 14.0. The first kappa shape index (κ1) is 22.2. The quantitative estimate of drug-likeness (QED) is 0.417. The lowest BCUT2D eigenvalue weighted by Gasteiger charge is -2.10. The minimum atomic E-state index is -0.346. The summed E-state index contributed by atoms with van der Waals surface area (Å²) in [5.74, 6) is 0.196. The maximum Gasteiger partial charge on any atom is 0.338 e. The van der Waals surface area contributed by atoms with Crippen LogP contribution in [0.15, 0.2) is 48.5 Å². The summed E-state index contributed by atoms with van der Waals surface area (Å²) in [6.45, 7) is 6.08. The van der Waals surface area contributed by atoms with Gasteiger partial charge in [-0.25, -0.2) is 4.79 Å². The molecule has 0 unspecified atom stereocenters. The average Bonchev–Trinajstić information content (AvgIpc) is 2.75. The van der Waals surface area contributed by atoms with Crippen molar-refractivity contribution in [3.63, 3.8) is 0 Å². The van der Waals surface area contributed by atoms with Gasteiger partial charge in [0.05, 0.1) is 25.3 Å². The molecule has 0 atom stereocenters. The van der Waals surface area contributed by atoms with Crippen molar-refractivity contribution in [1.82, 2.24) is 0 Å². The second kappa shape index (κ2) is 12.4. The Morgan fingerprint density at radius 3 is 2.21 bits per heavy atom. The van der Waals surface area contributed by atoms with E-state index in [9.17, 15) is 9.59 Å². The van der Waals surface area contributed by atoms with Crippen molar-refractivity contribution in [2.75, 3.05) is 43.6 Å². The van der Waals surface area contributed by atoms with Gasteiger partial charge in [0.2, 0.25) is 5.91 Å². The summed E-state index contributed by atoms with van der Waals surface area (Å²) < 4.78 is 15.8. The highest BCUT2D eigenvalue weighted by molar-refractivity contribution is 5.94. The van der Waals surface area contributed by atoms with Gasteiger partial charge in [0, 0.05) is 18.0 Å². The molecule has 0 saturated heterocycles. The first-order valence-electron chi connectivity index (χ1n) is 9.74. The SMILES string of the molecule is CCCOC(=O)c1ccc(NCC(=O)Nc2ccc(OCCOCC)cc2)cc1. The van der Waals surface area contributed by atoms with Gasteiger partial charge < -0.3 is 24.8 Å². The van der Waals surface area contributed by atoms with E-state index in [1.807, 2.05) is 13.8 Å². The first-order valence-corrected chi connectivity index (χ1v) is 9.74. The lowest BCUT2D eigenvalue weighted by atomic mass is 10.2. The van der Waals surface area contributed by atoms with Crippen molar-refractivity contribution in [1.29, 1.82) is 0 Å². The van der Waals surface area contributed by atoms with E-state index in [2.05, 4.69) is 10.6 Å². The number of nitrogens with one attached hydrogen (secondary N) is 2. The molecule has 2 rings (SSSR count). The number of esters is 1. The second-order valence-corrected chi connectivity index (χ2v) is 6.18. The van der Waals surface area contributed by atoms with Crippen LogP contribution in [0, 0.1) is 0 Å². The van der Waals surface area contributed by atoms with E-state index < -0.39 is 0 Å². The van der Waals surface area contributed by atoms with Crippen LogP contribution < -0.4 is 15.4 Å². The Hall–Kier alpha value is -3.06. The van der Waals surface area contributed by atoms with E-state index in [4.69, 9.17) is 14.2 Å². The Bertz CT molecular complexity index is 760. The fraction of sp³-hybridized carbons (Fsp3) is 0.364. The third-order valence-corrected chi connectivity index (χ3v) is 3.85. The number of hydrogen-bond acceptors (Lipinski definition) is 6. The summed E-state index contributed by atoms with van der Waals surface area (Å²) >= 11 is 0. The van der Waals surface area contributed by atoms with E-state index in [0.29, 0.717) is 37.7 Å². The molecule has 0 aliphatic rings. The van der Waals surface area contributed by atoms with Gasteiger partial charge in [-0.05, 0) is 61.9 Å². The number of benzene rings is 2. The summed E-state index contributed by atoms with van der Waals surface area (Å²) in [6.07, 6.45) is 0.782. The number of carbonyl (C=O) groups excluding carboxylic acids is 2. The molecule has 2 N–H and O–H groups in total. The fourth-order valence-corrected chi connectivity index (χ4v) is 2.39. The van der Waals surface area contributed by atoms with E-state index >= 15 is 0 Å². The van der Waals surface area contributed by atoms with E-state index in [1.54, 1.807) is 48.5 Å². The number of carbonyl (C=O) groups is 2. The van der Waals surface area contributed by atoms with Crippen LogP contribution >= 0.6 is 0 Å². The van der Waals surface area contributed by atoms with Gasteiger partial charge in [-0.2, -0.15) is 0 Å². The van der Waals surface area contributed by atoms with E-state index in [0.717, 1.165) is 17.9 Å². The standard InChI is InChI=1S/C22H28N2O5/c1-3-13-29-22(26)17-5-7-18(8-6-17)23-16-21(25)24-19-9-11-20(12-10-19)28-15-14-27-4-2/h5-12,23H,3-4,13-16H2,1-2H3,(H,24,25). The molecule has 7 heteroatoms. The van der Waals surface area contributed by atoms with Crippen molar-refractivity contribution in [3.05, 3.63) is 54.1 Å². The van der Waals surface area contributed by atoms with Crippen LogP contribution in [-0.4, -0.2) is 44.8 Å². The second-order valence-electron chi connectivity index (χ2n) is 6.18. The van der Waals surface area contributed by atoms with Gasteiger partial charge in [0.1, 0.15) is 12.4 Å². The van der Waals surface area contributed by atoms with Crippen molar-refractivity contribution >= 4 is 23.3 Å². The fourth-order valence-electron chi connectivity index (χ4n) is 2.39. The van der Waals surface area contributed by atoms with Crippen LogP contribution in [0.4, 0.5) is 11.4 Å². The minimum absolute atomic E-state index is 0.103.